The van der Waals surface area contributed by atoms with Gasteiger partial charge in [0.05, 0.1) is 6.54 Å². The molecule has 1 rings (SSSR count). The molecule has 0 aliphatic rings. The van der Waals surface area contributed by atoms with E-state index in [4.69, 9.17) is 5.73 Å². The van der Waals surface area contributed by atoms with Crippen LogP contribution in [0.25, 0.3) is 0 Å². The predicted molar refractivity (Wildman–Crippen MR) is 39.8 cm³/mol. The first-order chi connectivity index (χ1) is 4.33. The van der Waals surface area contributed by atoms with E-state index >= 15 is 0 Å². The minimum atomic E-state index is 0.568. The van der Waals surface area contributed by atoms with E-state index in [1.54, 1.807) is 5.38 Å². The number of aromatic nitrogens is 1. The van der Waals surface area contributed by atoms with Crippen LogP contribution in [-0.4, -0.2) is 11.7 Å². The zero-order valence-electron chi connectivity index (χ0n) is 4.87. The lowest BCUT2D eigenvalue weighted by atomic mass is 10.7. The van der Waals surface area contributed by atoms with Gasteiger partial charge in [0, 0.05) is 5.38 Å². The van der Waals surface area contributed by atoms with Gasteiger partial charge in [-0.25, -0.2) is 4.98 Å². The third kappa shape index (κ3) is 1.50. The summed E-state index contributed by atoms with van der Waals surface area (Å²) < 4.78 is 0. The smallest absolute Gasteiger partial charge is 0.134 e. The number of nitrogen functional groups attached to an aromatic ring is 1. The van der Waals surface area contributed by atoms with Crippen molar-refractivity contribution in [2.75, 3.05) is 5.73 Å². The molecule has 0 unspecified atom stereocenters. The van der Waals surface area contributed by atoms with Crippen molar-refractivity contribution in [3.63, 3.8) is 0 Å². The Hall–Kier alpha value is -0.900. The van der Waals surface area contributed by atoms with Gasteiger partial charge in [-0.15, -0.1) is 11.3 Å². The molecule has 0 spiro atoms. The van der Waals surface area contributed by atoms with E-state index in [-0.39, 0.29) is 0 Å². The molecule has 0 amide bonds. The maximum Gasteiger partial charge on any atom is 0.134 e. The van der Waals surface area contributed by atoms with Crippen LogP contribution in [0.15, 0.2) is 10.4 Å². The third-order valence-corrected chi connectivity index (χ3v) is 1.67. The SMILES string of the molecule is C=NCc1nc(N)cs1. The fourth-order valence-corrected chi connectivity index (χ4v) is 1.13. The molecule has 3 nitrogen and oxygen atoms in total. The molecule has 48 valence electrons. The predicted octanol–water partition coefficient (Wildman–Crippen LogP) is 0.926. The van der Waals surface area contributed by atoms with Gasteiger partial charge in [0.15, 0.2) is 0 Å². The quantitative estimate of drug-likeness (QED) is 0.623. The van der Waals surface area contributed by atoms with E-state index in [0.29, 0.717) is 12.4 Å². The Labute approximate surface area is 57.3 Å². The number of anilines is 1. The Morgan fingerprint density at radius 1 is 1.89 bits per heavy atom. The van der Waals surface area contributed by atoms with Crippen molar-refractivity contribution in [3.05, 3.63) is 10.4 Å². The minimum Gasteiger partial charge on any atom is -0.383 e. The lowest BCUT2D eigenvalue weighted by molar-refractivity contribution is 1.05. The van der Waals surface area contributed by atoms with Gasteiger partial charge in [-0.2, -0.15) is 0 Å². The number of thiazole rings is 1. The topological polar surface area (TPSA) is 51.3 Å². The van der Waals surface area contributed by atoms with Gasteiger partial charge in [0.25, 0.3) is 0 Å². The molecule has 0 atom stereocenters. The standard InChI is InChI=1S/C5H7N3S/c1-7-2-5-8-4(6)3-9-5/h3H,1-2,6H2. The van der Waals surface area contributed by atoms with Crippen molar-refractivity contribution >= 4 is 23.9 Å². The van der Waals surface area contributed by atoms with Crippen LogP contribution in [0.4, 0.5) is 5.82 Å². The highest BCUT2D eigenvalue weighted by Crippen LogP contribution is 2.10. The summed E-state index contributed by atoms with van der Waals surface area (Å²) >= 11 is 1.50. The first kappa shape index (κ1) is 6.22. The molecule has 1 aromatic heterocycles. The van der Waals surface area contributed by atoms with Gasteiger partial charge in [0.2, 0.25) is 0 Å². The van der Waals surface area contributed by atoms with Crippen molar-refractivity contribution in [2.24, 2.45) is 4.99 Å². The van der Waals surface area contributed by atoms with Gasteiger partial charge in [-0.05, 0) is 6.72 Å². The average Bonchev–Trinajstić information content (AvgIpc) is 2.17. The van der Waals surface area contributed by atoms with E-state index in [1.165, 1.54) is 11.3 Å². The first-order valence-corrected chi connectivity index (χ1v) is 3.33. The summed E-state index contributed by atoms with van der Waals surface area (Å²) in [6.45, 7) is 3.91. The molecule has 9 heavy (non-hydrogen) atoms. The highest BCUT2D eigenvalue weighted by molar-refractivity contribution is 7.09. The fourth-order valence-electron chi connectivity index (χ4n) is 0.493. The summed E-state index contributed by atoms with van der Waals surface area (Å²) in [5.74, 6) is 0.568. The highest BCUT2D eigenvalue weighted by Gasteiger charge is 1.94. The molecule has 0 fully saturated rings. The van der Waals surface area contributed by atoms with Gasteiger partial charge in [-0.3, -0.25) is 4.99 Å². The number of nitrogens with zero attached hydrogens (tertiary/aromatic N) is 2. The summed E-state index contributed by atoms with van der Waals surface area (Å²) in [6.07, 6.45) is 0. The number of nitrogens with two attached hydrogens (primary N) is 1. The molecular formula is C5H7N3S. The zero-order valence-corrected chi connectivity index (χ0v) is 5.69. The van der Waals surface area contributed by atoms with Crippen molar-refractivity contribution in [3.8, 4) is 0 Å². The molecule has 0 radical (unpaired) electrons. The van der Waals surface area contributed by atoms with Crippen LogP contribution in [0.1, 0.15) is 5.01 Å². The van der Waals surface area contributed by atoms with Crippen LogP contribution in [0, 0.1) is 0 Å². The number of hydrogen-bond acceptors (Lipinski definition) is 4. The molecule has 0 bridgehead atoms. The normalized spacial score (nSPS) is 9.33. The van der Waals surface area contributed by atoms with Crippen molar-refractivity contribution in [1.29, 1.82) is 0 Å². The van der Waals surface area contributed by atoms with Crippen molar-refractivity contribution < 1.29 is 0 Å². The van der Waals surface area contributed by atoms with Crippen LogP contribution in [0.5, 0.6) is 0 Å². The van der Waals surface area contributed by atoms with Crippen molar-refractivity contribution in [2.45, 2.75) is 6.54 Å². The molecule has 1 aromatic rings. The summed E-state index contributed by atoms with van der Waals surface area (Å²) in [7, 11) is 0. The maximum absolute atomic E-state index is 5.35. The van der Waals surface area contributed by atoms with Gasteiger partial charge in [0.1, 0.15) is 10.8 Å². The summed E-state index contributed by atoms with van der Waals surface area (Å²) in [4.78, 5) is 7.62. The molecule has 4 heteroatoms. The monoisotopic (exact) mass is 141 g/mol. The Kier molecular flexibility index (Phi) is 1.79. The van der Waals surface area contributed by atoms with Crippen LogP contribution in [0.3, 0.4) is 0 Å². The van der Waals surface area contributed by atoms with E-state index < -0.39 is 0 Å². The Bertz CT molecular complexity index is 206. The average molecular weight is 141 g/mol. The van der Waals surface area contributed by atoms with Crippen molar-refractivity contribution in [1.82, 2.24) is 4.98 Å². The van der Waals surface area contributed by atoms with Crippen LogP contribution >= 0.6 is 11.3 Å². The summed E-state index contributed by atoms with van der Waals surface area (Å²) in [5, 5.41) is 2.71. The van der Waals surface area contributed by atoms with Crippen LogP contribution in [-0.2, 0) is 6.54 Å². The first-order valence-electron chi connectivity index (χ1n) is 2.45. The number of rotatable bonds is 2. The molecule has 0 saturated heterocycles. The molecule has 0 aromatic carbocycles. The van der Waals surface area contributed by atoms with E-state index in [1.807, 2.05) is 0 Å². The molecule has 0 saturated carbocycles. The molecule has 0 aliphatic carbocycles. The second kappa shape index (κ2) is 2.59. The second-order valence-corrected chi connectivity index (χ2v) is 2.49. The third-order valence-electron chi connectivity index (χ3n) is 0.817. The van der Waals surface area contributed by atoms with Gasteiger partial charge >= 0.3 is 0 Å². The largest absolute Gasteiger partial charge is 0.383 e. The lowest BCUT2D eigenvalue weighted by Crippen LogP contribution is -1.84. The molecule has 1 heterocycles. The number of hydrogen-bond donors (Lipinski definition) is 1. The molecule has 0 aliphatic heterocycles. The summed E-state index contributed by atoms with van der Waals surface area (Å²) in [6, 6.07) is 0. The van der Waals surface area contributed by atoms with Gasteiger partial charge in [-0.1, -0.05) is 0 Å². The molecular weight excluding hydrogens is 134 g/mol. The van der Waals surface area contributed by atoms with Crippen LogP contribution in [0.2, 0.25) is 0 Å². The second-order valence-electron chi connectivity index (χ2n) is 1.55. The van der Waals surface area contributed by atoms with E-state index in [9.17, 15) is 0 Å². The Morgan fingerprint density at radius 3 is 3.11 bits per heavy atom. The lowest BCUT2D eigenvalue weighted by Gasteiger charge is -1.81. The fraction of sp³-hybridized carbons (Fsp3) is 0.200. The van der Waals surface area contributed by atoms with Gasteiger partial charge < -0.3 is 5.73 Å². The molecule has 2 N–H and O–H groups in total. The zero-order chi connectivity index (χ0) is 6.69. The maximum atomic E-state index is 5.35. The Balaban J connectivity index is 2.72. The number of aliphatic imine (C=N–C) groups is 1. The summed E-state index contributed by atoms with van der Waals surface area (Å²) in [5.41, 5.74) is 5.35. The van der Waals surface area contributed by atoms with E-state index in [2.05, 4.69) is 16.7 Å². The van der Waals surface area contributed by atoms with Crippen LogP contribution < -0.4 is 5.73 Å². The Morgan fingerprint density at radius 2 is 2.67 bits per heavy atom. The van der Waals surface area contributed by atoms with E-state index in [0.717, 1.165) is 5.01 Å². The highest BCUT2D eigenvalue weighted by atomic mass is 32.1. The minimum absolute atomic E-state index is 0.568.